The fourth-order valence-corrected chi connectivity index (χ4v) is 3.50. The Bertz CT molecular complexity index is 1220. The summed E-state index contributed by atoms with van der Waals surface area (Å²) in [7, 11) is -0.710. The number of hydrogen-bond acceptors (Lipinski definition) is 8. The van der Waals surface area contributed by atoms with Crippen molar-refractivity contribution in [2.45, 2.75) is 11.8 Å². The molecule has 0 unspecified atom stereocenters. The molecule has 0 aliphatic carbocycles. The second kappa shape index (κ2) is 8.00. The predicted molar refractivity (Wildman–Crippen MR) is 106 cm³/mol. The number of carbonyl (C=O) groups excluding carboxylic acids is 1. The van der Waals surface area contributed by atoms with E-state index in [1.807, 2.05) is 0 Å². The number of nitro groups is 1. The van der Waals surface area contributed by atoms with Gasteiger partial charge < -0.3 is 4.42 Å². The van der Waals surface area contributed by atoms with Crippen molar-refractivity contribution in [3.05, 3.63) is 63.7 Å². The van der Waals surface area contributed by atoms with Gasteiger partial charge in [0.15, 0.2) is 0 Å². The summed E-state index contributed by atoms with van der Waals surface area (Å²) < 4.78 is 30.7. The Morgan fingerprint density at radius 1 is 1.13 bits per heavy atom. The van der Waals surface area contributed by atoms with E-state index in [2.05, 4.69) is 15.5 Å². The lowest BCUT2D eigenvalue weighted by Gasteiger charge is -2.11. The second-order valence-electron chi connectivity index (χ2n) is 6.39. The van der Waals surface area contributed by atoms with Crippen LogP contribution in [0, 0.1) is 17.0 Å². The summed E-state index contributed by atoms with van der Waals surface area (Å²) in [4.78, 5) is 23.0. The van der Waals surface area contributed by atoms with E-state index in [1.165, 1.54) is 63.5 Å². The Kier molecular flexibility index (Phi) is 5.62. The summed E-state index contributed by atoms with van der Waals surface area (Å²) in [5.74, 6) is -0.575. The third-order valence-electron chi connectivity index (χ3n) is 4.27. The van der Waals surface area contributed by atoms with Gasteiger partial charge in [0.1, 0.15) is 0 Å². The lowest BCUT2D eigenvalue weighted by Crippen LogP contribution is -2.22. The molecule has 12 heteroatoms. The summed E-state index contributed by atoms with van der Waals surface area (Å²) in [6.45, 7) is 1.47. The highest BCUT2D eigenvalue weighted by Crippen LogP contribution is 2.24. The van der Waals surface area contributed by atoms with Gasteiger partial charge in [-0.1, -0.05) is 11.2 Å². The molecule has 11 nitrogen and oxygen atoms in total. The van der Waals surface area contributed by atoms with E-state index in [0.29, 0.717) is 5.56 Å². The maximum Gasteiger partial charge on any atom is 0.322 e. The molecule has 0 aliphatic rings. The molecule has 3 rings (SSSR count). The molecule has 1 N–H and O–H groups in total. The van der Waals surface area contributed by atoms with Crippen LogP contribution in [0.15, 0.2) is 51.8 Å². The monoisotopic (exact) mass is 431 g/mol. The number of benzene rings is 2. The average molecular weight is 431 g/mol. The lowest BCUT2D eigenvalue weighted by atomic mass is 10.1. The van der Waals surface area contributed by atoms with Crippen LogP contribution in [0.4, 0.5) is 11.7 Å². The molecule has 0 spiro atoms. The zero-order valence-corrected chi connectivity index (χ0v) is 17.0. The molecular formula is C18H17N5O6S. The second-order valence-corrected chi connectivity index (χ2v) is 8.54. The van der Waals surface area contributed by atoms with E-state index in [0.717, 1.165) is 4.31 Å². The molecule has 156 valence electrons. The molecule has 0 bridgehead atoms. The number of hydrogen-bond donors (Lipinski definition) is 1. The number of rotatable bonds is 6. The minimum Gasteiger partial charge on any atom is -0.403 e. The minimum atomic E-state index is -3.57. The Morgan fingerprint density at radius 3 is 2.40 bits per heavy atom. The van der Waals surface area contributed by atoms with Crippen LogP contribution in [-0.2, 0) is 10.0 Å². The van der Waals surface area contributed by atoms with Crippen molar-refractivity contribution in [2.24, 2.45) is 0 Å². The molecular weight excluding hydrogens is 414 g/mol. The Labute approximate surface area is 171 Å². The molecule has 1 heterocycles. The number of nitrogens with one attached hydrogen (secondary N) is 1. The quantitative estimate of drug-likeness (QED) is 0.462. The summed E-state index contributed by atoms with van der Waals surface area (Å²) in [6.07, 6.45) is 0. The summed E-state index contributed by atoms with van der Waals surface area (Å²) in [5.41, 5.74) is 0.577. The maximum absolute atomic E-state index is 12.4. The van der Waals surface area contributed by atoms with Crippen molar-refractivity contribution in [1.82, 2.24) is 14.5 Å². The fraction of sp³-hybridized carbons (Fsp3) is 0.167. The number of aromatic nitrogens is 2. The van der Waals surface area contributed by atoms with Gasteiger partial charge in [0.2, 0.25) is 15.9 Å². The number of nitro benzene ring substituents is 1. The zero-order chi connectivity index (χ0) is 22.1. The molecule has 2 aromatic carbocycles. The van der Waals surface area contributed by atoms with Crippen LogP contribution >= 0.6 is 0 Å². The van der Waals surface area contributed by atoms with Crippen molar-refractivity contribution in [1.29, 1.82) is 0 Å². The maximum atomic E-state index is 12.4. The normalized spacial score (nSPS) is 11.5. The van der Waals surface area contributed by atoms with Gasteiger partial charge in [0.25, 0.3) is 11.6 Å². The van der Waals surface area contributed by atoms with Gasteiger partial charge in [-0.3, -0.25) is 20.2 Å². The van der Waals surface area contributed by atoms with Gasteiger partial charge in [-0.25, -0.2) is 12.7 Å². The van der Waals surface area contributed by atoms with Crippen molar-refractivity contribution in [3.8, 4) is 11.5 Å². The molecule has 3 aromatic rings. The zero-order valence-electron chi connectivity index (χ0n) is 16.2. The fourth-order valence-electron chi connectivity index (χ4n) is 2.60. The third-order valence-corrected chi connectivity index (χ3v) is 6.10. The topological polar surface area (TPSA) is 149 Å². The van der Waals surface area contributed by atoms with E-state index in [1.54, 1.807) is 0 Å². The van der Waals surface area contributed by atoms with Gasteiger partial charge in [0.05, 0.1) is 9.82 Å². The average Bonchev–Trinajstić information content (AvgIpc) is 3.16. The van der Waals surface area contributed by atoms with Crippen molar-refractivity contribution >= 4 is 27.6 Å². The van der Waals surface area contributed by atoms with Crippen LogP contribution in [0.3, 0.4) is 0 Å². The van der Waals surface area contributed by atoms with Crippen LogP contribution in [0.5, 0.6) is 0 Å². The Hall–Kier alpha value is -3.64. The molecule has 0 saturated carbocycles. The number of anilines is 1. The molecule has 1 amide bonds. The van der Waals surface area contributed by atoms with E-state index in [4.69, 9.17) is 4.42 Å². The van der Waals surface area contributed by atoms with Crippen LogP contribution in [-0.4, -0.2) is 47.8 Å². The molecule has 0 saturated heterocycles. The largest absolute Gasteiger partial charge is 0.403 e. The van der Waals surface area contributed by atoms with Crippen LogP contribution < -0.4 is 5.32 Å². The molecule has 0 fully saturated rings. The lowest BCUT2D eigenvalue weighted by molar-refractivity contribution is -0.385. The molecule has 30 heavy (non-hydrogen) atoms. The van der Waals surface area contributed by atoms with E-state index < -0.39 is 20.9 Å². The van der Waals surface area contributed by atoms with Gasteiger partial charge in [-0.2, -0.15) is 0 Å². The SMILES string of the molecule is Cc1c(C(=O)Nc2nnc(-c3ccc(S(=O)(=O)N(C)C)cc3)o2)cccc1[N+](=O)[O-]. The van der Waals surface area contributed by atoms with E-state index in [-0.39, 0.29) is 33.6 Å². The smallest absolute Gasteiger partial charge is 0.322 e. The number of carbonyl (C=O) groups is 1. The van der Waals surface area contributed by atoms with E-state index >= 15 is 0 Å². The predicted octanol–water partition coefficient (Wildman–Crippen LogP) is 2.46. The van der Waals surface area contributed by atoms with E-state index in [9.17, 15) is 23.3 Å². The van der Waals surface area contributed by atoms with Crippen LogP contribution in [0.25, 0.3) is 11.5 Å². The highest BCUT2D eigenvalue weighted by molar-refractivity contribution is 7.89. The number of nitrogens with zero attached hydrogens (tertiary/aromatic N) is 4. The summed E-state index contributed by atoms with van der Waals surface area (Å²) in [5, 5.41) is 21.0. The number of amides is 1. The van der Waals surface area contributed by atoms with Gasteiger partial charge in [-0.15, -0.1) is 5.10 Å². The van der Waals surface area contributed by atoms with Crippen LogP contribution in [0.1, 0.15) is 15.9 Å². The molecule has 0 aliphatic heterocycles. The first-order valence-electron chi connectivity index (χ1n) is 8.53. The van der Waals surface area contributed by atoms with Gasteiger partial charge in [-0.05, 0) is 37.3 Å². The summed E-state index contributed by atoms with van der Waals surface area (Å²) >= 11 is 0. The first kappa shape index (κ1) is 21.1. The van der Waals surface area contributed by atoms with Crippen LogP contribution in [0.2, 0.25) is 0 Å². The molecule has 0 radical (unpaired) electrons. The van der Waals surface area contributed by atoms with Gasteiger partial charge >= 0.3 is 6.01 Å². The first-order chi connectivity index (χ1) is 14.1. The highest BCUT2D eigenvalue weighted by atomic mass is 32.2. The number of sulfonamides is 1. The van der Waals surface area contributed by atoms with Crippen molar-refractivity contribution < 1.29 is 22.6 Å². The van der Waals surface area contributed by atoms with Crippen molar-refractivity contribution in [3.63, 3.8) is 0 Å². The standard InChI is InChI=1S/C18H17N5O6S/c1-11-14(5-4-6-15(11)23(25)26)16(24)19-18-21-20-17(29-18)12-7-9-13(10-8-12)30(27,28)22(2)3/h4-10H,1-3H3,(H,19,21,24). The minimum absolute atomic E-state index is 0.0647. The molecule has 1 aromatic heterocycles. The first-order valence-corrected chi connectivity index (χ1v) is 9.97. The summed E-state index contributed by atoms with van der Waals surface area (Å²) in [6, 6.07) is 9.75. The third kappa shape index (κ3) is 4.04. The van der Waals surface area contributed by atoms with Gasteiger partial charge in [0, 0.05) is 36.9 Å². The highest BCUT2D eigenvalue weighted by Gasteiger charge is 2.21. The van der Waals surface area contributed by atoms with Crippen molar-refractivity contribution in [2.75, 3.05) is 19.4 Å². The Balaban J connectivity index is 1.80. The molecule has 0 atom stereocenters. The Morgan fingerprint density at radius 2 is 1.80 bits per heavy atom.